The van der Waals surface area contributed by atoms with Crippen LogP contribution in [0.25, 0.3) is 0 Å². The van der Waals surface area contributed by atoms with Crippen LogP contribution in [0, 0.1) is 17.8 Å². The lowest BCUT2D eigenvalue weighted by Gasteiger charge is -2.55. The van der Waals surface area contributed by atoms with Crippen LogP contribution in [0.2, 0.25) is 0 Å². The van der Waals surface area contributed by atoms with Gasteiger partial charge in [0.25, 0.3) is 0 Å². The van der Waals surface area contributed by atoms with Crippen molar-refractivity contribution in [2.24, 2.45) is 17.8 Å². The molecule has 4 fully saturated rings. The van der Waals surface area contributed by atoms with Gasteiger partial charge in [0.05, 0.1) is 0 Å². The third-order valence-electron chi connectivity index (χ3n) is 5.05. The largest absolute Gasteiger partial charge is 0.379 e. The Morgan fingerprint density at radius 2 is 1.56 bits per heavy atom. The second kappa shape index (κ2) is 2.79. The Labute approximate surface area is 94.5 Å². The molecule has 2 N–H and O–H groups in total. The molecule has 0 spiro atoms. The Bertz CT molecular complexity index is 390. The number of anilines is 1. The van der Waals surface area contributed by atoms with Crippen molar-refractivity contribution in [1.29, 1.82) is 0 Å². The minimum Gasteiger partial charge on any atom is -0.379 e. The summed E-state index contributed by atoms with van der Waals surface area (Å²) in [6, 6.07) is 0. The van der Waals surface area contributed by atoms with Crippen LogP contribution in [0.3, 0.4) is 0 Å². The lowest BCUT2D eigenvalue weighted by molar-refractivity contribution is -0.00827. The van der Waals surface area contributed by atoms with Crippen molar-refractivity contribution in [3.63, 3.8) is 0 Å². The minimum absolute atomic E-state index is 0.221. The molecular weight excluding hydrogens is 202 g/mol. The molecule has 4 aliphatic rings. The van der Waals surface area contributed by atoms with Crippen LogP contribution in [0.4, 0.5) is 5.82 Å². The first kappa shape index (κ1) is 9.02. The number of hydrogen-bond donors (Lipinski definition) is 1. The summed E-state index contributed by atoms with van der Waals surface area (Å²) in [6.07, 6.45) is 8.09. The lowest BCUT2D eigenvalue weighted by Crippen LogP contribution is -2.49. The summed E-state index contributed by atoms with van der Waals surface area (Å²) in [5, 5.41) is 7.86. The Morgan fingerprint density at radius 1 is 1.00 bits per heavy atom. The van der Waals surface area contributed by atoms with E-state index in [-0.39, 0.29) is 5.41 Å². The fraction of sp³-hybridized carbons (Fsp3) is 0.833. The molecular formula is C12H17N3O. The fourth-order valence-corrected chi connectivity index (χ4v) is 4.96. The van der Waals surface area contributed by atoms with E-state index in [4.69, 9.17) is 10.4 Å². The van der Waals surface area contributed by atoms with Crippen molar-refractivity contribution >= 4 is 5.82 Å². The Morgan fingerprint density at radius 3 is 2.00 bits per heavy atom. The van der Waals surface area contributed by atoms with Crippen molar-refractivity contribution in [3.8, 4) is 0 Å². The summed E-state index contributed by atoms with van der Waals surface area (Å²) in [6.45, 7) is 0. The van der Waals surface area contributed by atoms with Crippen molar-refractivity contribution in [1.82, 2.24) is 10.3 Å². The van der Waals surface area contributed by atoms with Crippen molar-refractivity contribution < 1.29 is 4.63 Å². The molecule has 5 rings (SSSR count). The SMILES string of the molecule is Nc1nonc1C12CC3CC(CC(C3)C1)C2. The first-order chi connectivity index (χ1) is 7.75. The second-order valence-electron chi connectivity index (χ2n) is 6.20. The molecule has 4 nitrogen and oxygen atoms in total. The highest BCUT2D eigenvalue weighted by atomic mass is 16.6. The summed E-state index contributed by atoms with van der Waals surface area (Å²) in [5.41, 5.74) is 7.08. The van der Waals surface area contributed by atoms with Crippen LogP contribution < -0.4 is 5.73 Å². The topological polar surface area (TPSA) is 64.9 Å². The summed E-state index contributed by atoms with van der Waals surface area (Å²) in [4.78, 5) is 0. The third kappa shape index (κ3) is 1.05. The second-order valence-corrected chi connectivity index (χ2v) is 6.20. The molecule has 0 saturated heterocycles. The summed E-state index contributed by atoms with van der Waals surface area (Å²) >= 11 is 0. The van der Waals surface area contributed by atoms with E-state index < -0.39 is 0 Å². The number of aromatic nitrogens is 2. The lowest BCUT2D eigenvalue weighted by atomic mass is 9.49. The standard InChI is InChI=1S/C12H17N3O/c13-11-10(14-16-15-11)12-4-7-1-8(5-12)3-9(2-7)6-12/h7-9H,1-6H2,(H2,13,15). The molecule has 0 aromatic carbocycles. The highest BCUT2D eigenvalue weighted by molar-refractivity contribution is 5.39. The first-order valence-electron chi connectivity index (χ1n) is 6.34. The zero-order valence-corrected chi connectivity index (χ0v) is 9.35. The average Bonchev–Trinajstić information content (AvgIpc) is 2.62. The van der Waals surface area contributed by atoms with E-state index in [1.54, 1.807) is 0 Å². The number of nitrogen functional groups attached to an aromatic ring is 1. The molecule has 4 bridgehead atoms. The van der Waals surface area contributed by atoms with Gasteiger partial charge >= 0.3 is 0 Å². The molecule has 16 heavy (non-hydrogen) atoms. The third-order valence-corrected chi connectivity index (χ3v) is 5.05. The molecule has 4 saturated carbocycles. The molecule has 1 heterocycles. The van der Waals surface area contributed by atoms with Gasteiger partial charge in [-0.3, -0.25) is 0 Å². The highest BCUT2D eigenvalue weighted by Gasteiger charge is 2.53. The molecule has 0 aliphatic heterocycles. The van der Waals surface area contributed by atoms with Gasteiger partial charge in [-0.1, -0.05) is 5.16 Å². The molecule has 86 valence electrons. The Hall–Kier alpha value is -1.06. The van der Waals surface area contributed by atoms with Gasteiger partial charge in [-0.2, -0.15) is 0 Å². The smallest absolute Gasteiger partial charge is 0.192 e. The number of nitrogens with two attached hydrogens (primary N) is 1. The van der Waals surface area contributed by atoms with Gasteiger partial charge in [0.15, 0.2) is 5.82 Å². The van der Waals surface area contributed by atoms with E-state index in [0.29, 0.717) is 5.82 Å². The predicted molar refractivity (Wildman–Crippen MR) is 58.6 cm³/mol. The molecule has 4 aliphatic carbocycles. The Kier molecular flexibility index (Phi) is 1.57. The molecule has 0 radical (unpaired) electrons. The van der Waals surface area contributed by atoms with Gasteiger partial charge in [0, 0.05) is 5.41 Å². The molecule has 0 amide bonds. The molecule has 1 aromatic rings. The van der Waals surface area contributed by atoms with Gasteiger partial charge in [0.2, 0.25) is 0 Å². The van der Waals surface area contributed by atoms with Crippen molar-refractivity contribution in [2.45, 2.75) is 43.9 Å². The van der Waals surface area contributed by atoms with E-state index in [1.165, 1.54) is 38.5 Å². The van der Waals surface area contributed by atoms with E-state index in [9.17, 15) is 0 Å². The quantitative estimate of drug-likeness (QED) is 0.785. The molecule has 0 atom stereocenters. The normalized spacial score (nSPS) is 45.1. The maximum Gasteiger partial charge on any atom is 0.192 e. The number of nitrogens with zero attached hydrogens (tertiary/aromatic N) is 2. The summed E-state index contributed by atoms with van der Waals surface area (Å²) in [5.74, 6) is 3.24. The first-order valence-corrected chi connectivity index (χ1v) is 6.34. The van der Waals surface area contributed by atoms with E-state index >= 15 is 0 Å². The summed E-state index contributed by atoms with van der Waals surface area (Å²) < 4.78 is 4.81. The van der Waals surface area contributed by atoms with Gasteiger partial charge in [-0.15, -0.1) is 0 Å². The average molecular weight is 219 g/mol. The van der Waals surface area contributed by atoms with Crippen molar-refractivity contribution in [3.05, 3.63) is 5.69 Å². The monoisotopic (exact) mass is 219 g/mol. The van der Waals surface area contributed by atoms with Crippen LogP contribution in [0.5, 0.6) is 0 Å². The molecule has 0 unspecified atom stereocenters. The van der Waals surface area contributed by atoms with Gasteiger partial charge in [-0.25, -0.2) is 4.63 Å². The highest BCUT2D eigenvalue weighted by Crippen LogP contribution is 2.60. The Balaban J connectivity index is 1.79. The van der Waals surface area contributed by atoms with E-state index in [0.717, 1.165) is 23.4 Å². The van der Waals surface area contributed by atoms with Gasteiger partial charge in [-0.05, 0) is 61.4 Å². The molecule has 1 aromatic heterocycles. The number of rotatable bonds is 1. The number of hydrogen-bond acceptors (Lipinski definition) is 4. The van der Waals surface area contributed by atoms with Crippen LogP contribution in [0.15, 0.2) is 4.63 Å². The van der Waals surface area contributed by atoms with Crippen LogP contribution in [-0.4, -0.2) is 10.3 Å². The van der Waals surface area contributed by atoms with Crippen molar-refractivity contribution in [2.75, 3.05) is 5.73 Å². The zero-order chi connectivity index (χ0) is 10.8. The van der Waals surface area contributed by atoms with Gasteiger partial charge in [0.1, 0.15) is 5.69 Å². The zero-order valence-electron chi connectivity index (χ0n) is 9.35. The van der Waals surface area contributed by atoms with Crippen LogP contribution >= 0.6 is 0 Å². The maximum atomic E-state index is 5.89. The fourth-order valence-electron chi connectivity index (χ4n) is 4.96. The van der Waals surface area contributed by atoms with Crippen LogP contribution in [-0.2, 0) is 5.41 Å². The van der Waals surface area contributed by atoms with E-state index in [1.807, 2.05) is 0 Å². The van der Waals surface area contributed by atoms with Gasteiger partial charge < -0.3 is 5.73 Å². The molecule has 4 heteroatoms. The minimum atomic E-state index is 0.221. The summed E-state index contributed by atoms with van der Waals surface area (Å²) in [7, 11) is 0. The predicted octanol–water partition coefficient (Wildman–Crippen LogP) is 2.12. The van der Waals surface area contributed by atoms with Crippen LogP contribution in [0.1, 0.15) is 44.2 Å². The van der Waals surface area contributed by atoms with E-state index in [2.05, 4.69) is 10.3 Å². The maximum absolute atomic E-state index is 5.89.